The van der Waals surface area contributed by atoms with Gasteiger partial charge in [0.25, 0.3) is 0 Å². The van der Waals surface area contributed by atoms with E-state index in [4.69, 9.17) is 14.8 Å². The van der Waals surface area contributed by atoms with E-state index in [1.807, 2.05) is 19.1 Å². The Balaban J connectivity index is 2.19. The Labute approximate surface area is 103 Å². The molecule has 0 aliphatic carbocycles. The molecule has 17 heavy (non-hydrogen) atoms. The van der Waals surface area contributed by atoms with Crippen LogP contribution in [-0.4, -0.2) is 36.9 Å². The molecule has 0 amide bonds. The lowest BCUT2D eigenvalue weighted by atomic mass is 9.80. The summed E-state index contributed by atoms with van der Waals surface area (Å²) < 4.78 is 5.23. The summed E-state index contributed by atoms with van der Waals surface area (Å²) in [5, 5.41) is 21.2. The second-order valence-electron chi connectivity index (χ2n) is 3.84. The van der Waals surface area contributed by atoms with Gasteiger partial charge in [0.1, 0.15) is 0 Å². The zero-order valence-corrected chi connectivity index (χ0v) is 10.2. The summed E-state index contributed by atoms with van der Waals surface area (Å²) in [7, 11) is -1.39. The molecule has 0 fully saturated rings. The first-order chi connectivity index (χ1) is 8.24. The molecule has 4 nitrogen and oxygen atoms in total. The fourth-order valence-corrected chi connectivity index (χ4v) is 1.48. The molecule has 0 aliphatic heterocycles. The summed E-state index contributed by atoms with van der Waals surface area (Å²) >= 11 is 0. The van der Waals surface area contributed by atoms with Gasteiger partial charge in [-0.05, 0) is 30.9 Å². The van der Waals surface area contributed by atoms with E-state index in [1.54, 1.807) is 12.1 Å². The van der Waals surface area contributed by atoms with Crippen molar-refractivity contribution < 1.29 is 14.8 Å². The number of rotatable bonds is 8. The Morgan fingerprint density at radius 1 is 1.24 bits per heavy atom. The van der Waals surface area contributed by atoms with Gasteiger partial charge in [-0.3, -0.25) is 0 Å². The Morgan fingerprint density at radius 2 is 1.94 bits per heavy atom. The molecular weight excluding hydrogens is 217 g/mol. The lowest BCUT2D eigenvalue weighted by Gasteiger charge is -2.06. The van der Waals surface area contributed by atoms with E-state index in [1.165, 1.54) is 0 Å². The van der Waals surface area contributed by atoms with Crippen LogP contribution in [0, 0.1) is 0 Å². The lowest BCUT2D eigenvalue weighted by Crippen LogP contribution is -2.29. The van der Waals surface area contributed by atoms with Crippen molar-refractivity contribution in [1.82, 2.24) is 5.32 Å². The molecule has 0 spiro atoms. The van der Waals surface area contributed by atoms with Crippen LogP contribution in [0.1, 0.15) is 18.9 Å². The van der Waals surface area contributed by atoms with Crippen LogP contribution in [-0.2, 0) is 11.3 Å². The molecule has 1 aromatic carbocycles. The first-order valence-electron chi connectivity index (χ1n) is 5.97. The van der Waals surface area contributed by atoms with Gasteiger partial charge in [0, 0.05) is 19.8 Å². The summed E-state index contributed by atoms with van der Waals surface area (Å²) in [5.74, 6) is 0. The van der Waals surface area contributed by atoms with E-state index in [2.05, 4.69) is 5.32 Å². The van der Waals surface area contributed by atoms with Crippen LogP contribution >= 0.6 is 0 Å². The lowest BCUT2D eigenvalue weighted by molar-refractivity contribution is 0.144. The van der Waals surface area contributed by atoms with E-state index < -0.39 is 7.12 Å². The second-order valence-corrected chi connectivity index (χ2v) is 3.84. The van der Waals surface area contributed by atoms with Crippen LogP contribution in [0.5, 0.6) is 0 Å². The molecule has 0 aromatic heterocycles. The fraction of sp³-hybridized carbons (Fsp3) is 0.500. The predicted octanol–water partition coefficient (Wildman–Crippen LogP) is -0.117. The molecular formula is C12H20BNO3. The Bertz CT molecular complexity index is 303. The van der Waals surface area contributed by atoms with E-state index in [9.17, 15) is 0 Å². The van der Waals surface area contributed by atoms with Crippen LogP contribution in [0.25, 0.3) is 0 Å². The van der Waals surface area contributed by atoms with Crippen molar-refractivity contribution in [2.75, 3.05) is 19.8 Å². The minimum absolute atomic E-state index is 0.519. The van der Waals surface area contributed by atoms with Gasteiger partial charge in [-0.2, -0.15) is 0 Å². The van der Waals surface area contributed by atoms with Crippen molar-refractivity contribution >= 4 is 12.6 Å². The van der Waals surface area contributed by atoms with E-state index >= 15 is 0 Å². The minimum Gasteiger partial charge on any atom is -0.423 e. The largest absolute Gasteiger partial charge is 0.488 e. The van der Waals surface area contributed by atoms with Gasteiger partial charge in [0.15, 0.2) is 0 Å². The summed E-state index contributed by atoms with van der Waals surface area (Å²) in [5.41, 5.74) is 1.65. The highest BCUT2D eigenvalue weighted by atomic mass is 16.5. The SMILES string of the molecule is CCOCCCNCc1ccc(B(O)O)cc1. The van der Waals surface area contributed by atoms with Crippen molar-refractivity contribution in [2.45, 2.75) is 19.9 Å². The molecule has 94 valence electrons. The van der Waals surface area contributed by atoms with Crippen molar-refractivity contribution in [3.05, 3.63) is 29.8 Å². The van der Waals surface area contributed by atoms with Gasteiger partial charge in [-0.1, -0.05) is 24.3 Å². The molecule has 3 N–H and O–H groups in total. The number of ether oxygens (including phenoxy) is 1. The molecule has 1 aromatic rings. The standard InChI is InChI=1S/C12H20BNO3/c1-2-17-9-3-8-14-10-11-4-6-12(7-5-11)13(15)16/h4-7,14-16H,2-3,8-10H2,1H3. The van der Waals surface area contributed by atoms with Crippen LogP contribution in [0.3, 0.4) is 0 Å². The van der Waals surface area contributed by atoms with Gasteiger partial charge in [0.05, 0.1) is 0 Å². The molecule has 0 bridgehead atoms. The van der Waals surface area contributed by atoms with E-state index in [0.717, 1.165) is 38.3 Å². The van der Waals surface area contributed by atoms with Crippen molar-refractivity contribution in [2.24, 2.45) is 0 Å². The van der Waals surface area contributed by atoms with Gasteiger partial charge in [-0.25, -0.2) is 0 Å². The highest BCUT2D eigenvalue weighted by Crippen LogP contribution is 1.96. The number of hydrogen-bond acceptors (Lipinski definition) is 4. The Morgan fingerprint density at radius 3 is 2.53 bits per heavy atom. The number of benzene rings is 1. The maximum Gasteiger partial charge on any atom is 0.488 e. The van der Waals surface area contributed by atoms with Gasteiger partial charge < -0.3 is 20.1 Å². The number of hydrogen-bond donors (Lipinski definition) is 3. The van der Waals surface area contributed by atoms with Gasteiger partial charge in [-0.15, -0.1) is 0 Å². The molecule has 1 rings (SSSR count). The quantitative estimate of drug-likeness (QED) is 0.436. The molecule has 0 atom stereocenters. The first kappa shape index (κ1) is 14.2. The average Bonchev–Trinajstić information content (AvgIpc) is 2.34. The third-order valence-electron chi connectivity index (χ3n) is 2.45. The van der Waals surface area contributed by atoms with E-state index in [-0.39, 0.29) is 0 Å². The normalized spacial score (nSPS) is 10.5. The molecule has 0 radical (unpaired) electrons. The van der Waals surface area contributed by atoms with Crippen LogP contribution in [0.4, 0.5) is 0 Å². The van der Waals surface area contributed by atoms with Crippen LogP contribution < -0.4 is 10.8 Å². The Kier molecular flexibility index (Phi) is 6.89. The Hall–Kier alpha value is -0.875. The number of nitrogens with one attached hydrogen (secondary N) is 1. The third kappa shape index (κ3) is 5.84. The monoisotopic (exact) mass is 237 g/mol. The van der Waals surface area contributed by atoms with Crippen LogP contribution in [0.2, 0.25) is 0 Å². The van der Waals surface area contributed by atoms with Gasteiger partial charge in [0.2, 0.25) is 0 Å². The summed E-state index contributed by atoms with van der Waals surface area (Å²) in [6.07, 6.45) is 1.00. The highest BCUT2D eigenvalue weighted by Gasteiger charge is 2.09. The maximum absolute atomic E-state index is 8.94. The van der Waals surface area contributed by atoms with E-state index in [0.29, 0.717) is 5.46 Å². The molecule has 0 unspecified atom stereocenters. The molecule has 0 heterocycles. The third-order valence-corrected chi connectivity index (χ3v) is 2.45. The minimum atomic E-state index is -1.39. The summed E-state index contributed by atoms with van der Waals surface area (Å²) in [6.45, 7) is 5.26. The first-order valence-corrected chi connectivity index (χ1v) is 5.97. The summed E-state index contributed by atoms with van der Waals surface area (Å²) in [4.78, 5) is 0. The van der Waals surface area contributed by atoms with Crippen molar-refractivity contribution in [3.63, 3.8) is 0 Å². The van der Waals surface area contributed by atoms with Crippen molar-refractivity contribution in [3.8, 4) is 0 Å². The smallest absolute Gasteiger partial charge is 0.423 e. The second kappa shape index (κ2) is 8.25. The topological polar surface area (TPSA) is 61.7 Å². The average molecular weight is 237 g/mol. The fourth-order valence-electron chi connectivity index (χ4n) is 1.48. The molecule has 0 aliphatic rings. The zero-order valence-electron chi connectivity index (χ0n) is 10.2. The highest BCUT2D eigenvalue weighted by molar-refractivity contribution is 6.58. The van der Waals surface area contributed by atoms with Gasteiger partial charge >= 0.3 is 7.12 Å². The van der Waals surface area contributed by atoms with Crippen LogP contribution in [0.15, 0.2) is 24.3 Å². The summed E-state index contributed by atoms with van der Waals surface area (Å²) in [6, 6.07) is 7.23. The maximum atomic E-state index is 8.94. The molecule has 5 heteroatoms. The predicted molar refractivity (Wildman–Crippen MR) is 69.1 cm³/mol. The molecule has 0 saturated carbocycles. The zero-order chi connectivity index (χ0) is 12.5. The molecule has 0 saturated heterocycles. The van der Waals surface area contributed by atoms with Crippen molar-refractivity contribution in [1.29, 1.82) is 0 Å².